The van der Waals surface area contributed by atoms with E-state index in [1.807, 2.05) is 30.3 Å². The second-order valence-corrected chi connectivity index (χ2v) is 6.01. The summed E-state index contributed by atoms with van der Waals surface area (Å²) in [7, 11) is 0. The van der Waals surface area contributed by atoms with Gasteiger partial charge in [-0.3, -0.25) is 0 Å². The lowest BCUT2D eigenvalue weighted by Gasteiger charge is -2.22. The van der Waals surface area contributed by atoms with Gasteiger partial charge in [0.05, 0.1) is 0 Å². The minimum atomic E-state index is -1.10. The van der Waals surface area contributed by atoms with Gasteiger partial charge in [0, 0.05) is 0 Å². The number of hydrogen-bond donors (Lipinski definition) is 2. The number of hydrogen-bond acceptors (Lipinski definition) is 3. The third kappa shape index (κ3) is 3.84. The fourth-order valence-electron chi connectivity index (χ4n) is 2.23. The van der Waals surface area contributed by atoms with Crippen molar-refractivity contribution in [3.05, 3.63) is 41.0 Å². The normalized spacial score (nSPS) is 14.9. The van der Waals surface area contributed by atoms with E-state index in [0.29, 0.717) is 12.0 Å². The van der Waals surface area contributed by atoms with Crippen LogP contribution in [0.5, 0.6) is 0 Å². The number of carboxylic acids is 1. The van der Waals surface area contributed by atoms with Crippen LogP contribution in [-0.4, -0.2) is 28.8 Å². The highest BCUT2D eigenvalue weighted by molar-refractivity contribution is 5.86. The van der Waals surface area contributed by atoms with Gasteiger partial charge in [0.2, 0.25) is 0 Å². The van der Waals surface area contributed by atoms with E-state index in [2.05, 4.69) is 5.32 Å². The third-order valence-electron chi connectivity index (χ3n) is 3.07. The van der Waals surface area contributed by atoms with E-state index < -0.39 is 23.7 Å². The molecule has 1 aliphatic carbocycles. The van der Waals surface area contributed by atoms with Crippen molar-refractivity contribution in [2.24, 2.45) is 0 Å². The highest BCUT2D eigenvalue weighted by atomic mass is 16.6. The van der Waals surface area contributed by atoms with Gasteiger partial charge in [-0.2, -0.15) is 0 Å². The van der Waals surface area contributed by atoms with Crippen LogP contribution in [0, 0.1) is 0 Å². The van der Waals surface area contributed by atoms with E-state index in [4.69, 9.17) is 4.74 Å². The summed E-state index contributed by atoms with van der Waals surface area (Å²) >= 11 is 0. The molecule has 5 nitrogen and oxygen atoms in total. The Morgan fingerprint density at radius 1 is 1.29 bits per heavy atom. The lowest BCUT2D eigenvalue weighted by Crippen LogP contribution is -2.44. The molecule has 0 bridgehead atoms. The van der Waals surface area contributed by atoms with Crippen LogP contribution in [0.2, 0.25) is 0 Å². The molecule has 0 fully saturated rings. The fourth-order valence-corrected chi connectivity index (χ4v) is 2.23. The number of carbonyl (C=O) groups is 2. The van der Waals surface area contributed by atoms with Gasteiger partial charge in [0.1, 0.15) is 5.60 Å². The molecule has 112 valence electrons. The van der Waals surface area contributed by atoms with E-state index in [9.17, 15) is 14.7 Å². The molecule has 2 N–H and O–H groups in total. The van der Waals surface area contributed by atoms with Gasteiger partial charge in [0.25, 0.3) is 0 Å². The van der Waals surface area contributed by atoms with Crippen LogP contribution >= 0.6 is 0 Å². The molecule has 0 spiro atoms. The van der Waals surface area contributed by atoms with Crippen molar-refractivity contribution >= 4 is 18.1 Å². The Hall–Kier alpha value is -2.30. The molecule has 2 rings (SSSR count). The Balaban J connectivity index is 2.12. The van der Waals surface area contributed by atoms with E-state index in [0.717, 1.165) is 11.1 Å². The molecule has 0 saturated heterocycles. The number of nitrogens with one attached hydrogen (secondary N) is 1. The molecule has 1 atom stereocenters. The average Bonchev–Trinajstić information content (AvgIpc) is 2.76. The molecule has 0 radical (unpaired) electrons. The third-order valence-corrected chi connectivity index (χ3v) is 3.07. The monoisotopic (exact) mass is 289 g/mol. The molecule has 0 aliphatic heterocycles. The largest absolute Gasteiger partial charge is 0.479 e. The number of carbonyl (C=O) groups excluding carboxylic acids is 1. The first kappa shape index (κ1) is 15.1. The number of aliphatic carboxylic acids is 1. The molecule has 0 aromatic heterocycles. The van der Waals surface area contributed by atoms with Crippen LogP contribution in [0.4, 0.5) is 4.79 Å². The minimum absolute atomic E-state index is 0.517. The van der Waals surface area contributed by atoms with Gasteiger partial charge < -0.3 is 15.2 Å². The van der Waals surface area contributed by atoms with Crippen molar-refractivity contribution in [2.45, 2.75) is 38.8 Å². The molecule has 1 amide bonds. The summed E-state index contributed by atoms with van der Waals surface area (Å²) in [5, 5.41) is 11.8. The first-order valence-electron chi connectivity index (χ1n) is 6.77. The first-order chi connectivity index (χ1) is 9.76. The van der Waals surface area contributed by atoms with Gasteiger partial charge >= 0.3 is 12.1 Å². The highest BCUT2D eigenvalue weighted by Gasteiger charge is 2.29. The maximum atomic E-state index is 11.8. The smallest absolute Gasteiger partial charge is 0.408 e. The van der Waals surface area contributed by atoms with Crippen molar-refractivity contribution in [1.82, 2.24) is 5.32 Å². The SMILES string of the molecule is CC(C)(C)OC(=O)N[C@H](C(=O)O)C1=Cc2ccccc2C1. The average molecular weight is 289 g/mol. The maximum Gasteiger partial charge on any atom is 0.408 e. The Morgan fingerprint density at radius 3 is 2.52 bits per heavy atom. The predicted molar refractivity (Wildman–Crippen MR) is 78.9 cm³/mol. The zero-order chi connectivity index (χ0) is 15.6. The standard InChI is InChI=1S/C16H19NO4/c1-16(2,3)21-15(20)17-13(14(18)19)12-8-10-6-4-5-7-11(10)9-12/h4-8,13H,9H2,1-3H3,(H,17,20)(H,18,19)/t13-/m0/s1. The Labute approximate surface area is 123 Å². The molecule has 1 aromatic carbocycles. The Morgan fingerprint density at radius 2 is 1.95 bits per heavy atom. The molecule has 1 aromatic rings. The van der Waals surface area contributed by atoms with Crippen LogP contribution < -0.4 is 5.32 Å². The molecule has 1 aliphatic rings. The number of ether oxygens (including phenoxy) is 1. The minimum Gasteiger partial charge on any atom is -0.479 e. The summed E-state index contributed by atoms with van der Waals surface area (Å²) in [5.41, 5.74) is 2.03. The van der Waals surface area contributed by atoms with E-state index >= 15 is 0 Å². The molecule has 0 unspecified atom stereocenters. The molecular weight excluding hydrogens is 270 g/mol. The van der Waals surface area contributed by atoms with Crippen molar-refractivity contribution in [3.8, 4) is 0 Å². The second kappa shape index (κ2) is 5.60. The van der Waals surface area contributed by atoms with Crippen LogP contribution in [-0.2, 0) is 16.0 Å². The summed E-state index contributed by atoms with van der Waals surface area (Å²) in [4.78, 5) is 23.2. The Bertz CT molecular complexity index is 599. The van der Waals surface area contributed by atoms with Crippen molar-refractivity contribution in [1.29, 1.82) is 0 Å². The summed E-state index contributed by atoms with van der Waals surface area (Å²) < 4.78 is 5.11. The molecular formula is C16H19NO4. The topological polar surface area (TPSA) is 75.6 Å². The van der Waals surface area contributed by atoms with E-state index in [1.165, 1.54) is 0 Å². The number of carboxylic acid groups (broad SMARTS) is 1. The predicted octanol–water partition coefficient (Wildman–Crippen LogP) is 2.60. The van der Waals surface area contributed by atoms with Crippen molar-refractivity contribution in [3.63, 3.8) is 0 Å². The van der Waals surface area contributed by atoms with Crippen LogP contribution in [0.3, 0.4) is 0 Å². The maximum absolute atomic E-state index is 11.8. The number of benzene rings is 1. The van der Waals surface area contributed by atoms with Gasteiger partial charge in [-0.15, -0.1) is 0 Å². The summed E-state index contributed by atoms with van der Waals surface area (Å²) in [6.07, 6.45) is 1.60. The molecule has 0 heterocycles. The van der Waals surface area contributed by atoms with Crippen LogP contribution in [0.1, 0.15) is 31.9 Å². The van der Waals surface area contributed by atoms with Gasteiger partial charge in [-0.1, -0.05) is 30.3 Å². The number of rotatable bonds is 3. The number of fused-ring (bicyclic) bond motifs is 1. The molecule has 5 heteroatoms. The molecule has 0 saturated carbocycles. The summed E-state index contributed by atoms with van der Waals surface area (Å²) in [6, 6.07) is 6.61. The zero-order valence-corrected chi connectivity index (χ0v) is 12.3. The number of alkyl carbamates (subject to hydrolysis) is 1. The highest BCUT2D eigenvalue weighted by Crippen LogP contribution is 2.27. The van der Waals surface area contributed by atoms with E-state index in [-0.39, 0.29) is 0 Å². The first-order valence-corrected chi connectivity index (χ1v) is 6.77. The zero-order valence-electron chi connectivity index (χ0n) is 12.3. The lowest BCUT2D eigenvalue weighted by molar-refractivity contribution is -0.138. The number of amides is 1. The summed E-state index contributed by atoms with van der Waals surface area (Å²) in [6.45, 7) is 5.19. The van der Waals surface area contributed by atoms with Gasteiger partial charge in [-0.25, -0.2) is 9.59 Å². The van der Waals surface area contributed by atoms with Gasteiger partial charge in [-0.05, 0) is 43.9 Å². The second-order valence-electron chi connectivity index (χ2n) is 6.01. The van der Waals surface area contributed by atoms with Crippen LogP contribution in [0.15, 0.2) is 29.8 Å². The van der Waals surface area contributed by atoms with Gasteiger partial charge in [0.15, 0.2) is 6.04 Å². The summed E-state index contributed by atoms with van der Waals surface area (Å²) in [5.74, 6) is -1.10. The Kier molecular flexibility index (Phi) is 4.02. The van der Waals surface area contributed by atoms with Crippen molar-refractivity contribution < 1.29 is 19.4 Å². The molecule has 21 heavy (non-hydrogen) atoms. The quantitative estimate of drug-likeness (QED) is 0.896. The van der Waals surface area contributed by atoms with E-state index in [1.54, 1.807) is 20.8 Å². The lowest BCUT2D eigenvalue weighted by atomic mass is 10.0. The fraction of sp³-hybridized carbons (Fsp3) is 0.375. The van der Waals surface area contributed by atoms with Crippen molar-refractivity contribution in [2.75, 3.05) is 0 Å². The van der Waals surface area contributed by atoms with Crippen LogP contribution in [0.25, 0.3) is 6.08 Å².